The van der Waals surface area contributed by atoms with Crippen LogP contribution in [0.2, 0.25) is 0 Å². The van der Waals surface area contributed by atoms with Crippen molar-refractivity contribution in [2.45, 2.75) is 19.9 Å². The Morgan fingerprint density at radius 3 is 3.10 bits per heavy atom. The van der Waals surface area contributed by atoms with Gasteiger partial charge in [0.15, 0.2) is 5.82 Å². The number of aromatic nitrogens is 2. The molecule has 2 aromatic rings. The highest BCUT2D eigenvalue weighted by atomic mass is 16.4. The van der Waals surface area contributed by atoms with Crippen LogP contribution in [0.1, 0.15) is 16.8 Å². The van der Waals surface area contributed by atoms with Gasteiger partial charge in [0.1, 0.15) is 0 Å². The van der Waals surface area contributed by atoms with Gasteiger partial charge in [-0.1, -0.05) is 12.1 Å². The number of aromatic amines is 1. The van der Waals surface area contributed by atoms with Gasteiger partial charge in [-0.25, -0.2) is 4.79 Å². The van der Waals surface area contributed by atoms with Crippen molar-refractivity contribution >= 4 is 17.6 Å². The van der Waals surface area contributed by atoms with Crippen LogP contribution in [0.3, 0.4) is 0 Å². The van der Waals surface area contributed by atoms with Crippen LogP contribution >= 0.6 is 0 Å². The summed E-state index contributed by atoms with van der Waals surface area (Å²) in [4.78, 5) is 12.5. The Bertz CT molecular complexity index is 650. The topological polar surface area (TPSA) is 81.2 Å². The molecule has 0 saturated heterocycles. The Hall–Kier alpha value is -2.50. The van der Waals surface area contributed by atoms with Crippen LogP contribution in [0.25, 0.3) is 0 Å². The van der Waals surface area contributed by atoms with Crippen molar-refractivity contribution in [1.29, 1.82) is 0 Å². The predicted octanol–water partition coefficient (Wildman–Crippen LogP) is 2.50. The van der Waals surface area contributed by atoms with Gasteiger partial charge in [0, 0.05) is 29.9 Å². The number of nitrogens with zero attached hydrogens (tertiary/aromatic N) is 2. The van der Waals surface area contributed by atoms with Gasteiger partial charge in [0.2, 0.25) is 0 Å². The van der Waals surface area contributed by atoms with Gasteiger partial charge >= 0.3 is 6.09 Å². The van der Waals surface area contributed by atoms with Crippen LogP contribution in [0.4, 0.5) is 16.3 Å². The number of fused-ring (bicyclic) bond motifs is 1. The normalized spacial score (nSPS) is 13.9. The summed E-state index contributed by atoms with van der Waals surface area (Å²) in [7, 11) is 0. The van der Waals surface area contributed by atoms with E-state index in [-0.39, 0.29) is 0 Å². The first-order valence-electron chi connectivity index (χ1n) is 6.51. The lowest BCUT2D eigenvalue weighted by Gasteiger charge is -2.24. The summed E-state index contributed by atoms with van der Waals surface area (Å²) in [6, 6.07) is 7.99. The van der Waals surface area contributed by atoms with Crippen molar-refractivity contribution in [3.63, 3.8) is 0 Å². The van der Waals surface area contributed by atoms with Gasteiger partial charge < -0.3 is 15.3 Å². The second-order valence-electron chi connectivity index (χ2n) is 4.98. The standard InChI is InChI=1S/C14H16N4O2/c1-9-3-2-4-10(7-9)15-13-11-8-18(14(19)20)6-5-12(11)16-17-13/h2-4,7H,5-6,8H2,1H3,(H,19,20)(H2,15,16,17). The van der Waals surface area contributed by atoms with E-state index in [0.717, 1.165) is 22.5 Å². The molecule has 1 aliphatic heterocycles. The molecule has 2 heterocycles. The smallest absolute Gasteiger partial charge is 0.407 e. The van der Waals surface area contributed by atoms with E-state index in [1.165, 1.54) is 4.90 Å². The van der Waals surface area contributed by atoms with Gasteiger partial charge in [0.05, 0.1) is 6.54 Å². The fourth-order valence-corrected chi connectivity index (χ4v) is 2.42. The molecule has 0 bridgehead atoms. The summed E-state index contributed by atoms with van der Waals surface area (Å²) in [6.07, 6.45) is -0.220. The second-order valence-corrected chi connectivity index (χ2v) is 4.98. The molecule has 0 atom stereocenters. The molecule has 0 saturated carbocycles. The zero-order chi connectivity index (χ0) is 14.1. The van der Waals surface area contributed by atoms with E-state index in [0.29, 0.717) is 25.3 Å². The Balaban J connectivity index is 1.86. The van der Waals surface area contributed by atoms with E-state index < -0.39 is 6.09 Å². The van der Waals surface area contributed by atoms with Crippen LogP contribution < -0.4 is 5.32 Å². The Morgan fingerprint density at radius 2 is 2.35 bits per heavy atom. The molecule has 0 fully saturated rings. The zero-order valence-electron chi connectivity index (χ0n) is 11.2. The second kappa shape index (κ2) is 4.88. The lowest BCUT2D eigenvalue weighted by Crippen LogP contribution is -2.34. The number of hydrogen-bond acceptors (Lipinski definition) is 3. The number of H-pyrrole nitrogens is 1. The number of carbonyl (C=O) groups is 1. The van der Waals surface area contributed by atoms with E-state index >= 15 is 0 Å². The average Bonchev–Trinajstić information content (AvgIpc) is 2.81. The molecule has 1 aliphatic rings. The molecular weight excluding hydrogens is 256 g/mol. The molecule has 104 valence electrons. The Kier molecular flexibility index (Phi) is 3.06. The number of aryl methyl sites for hydroxylation is 1. The SMILES string of the molecule is Cc1cccc(Nc2n[nH]c3c2CN(C(=O)O)CC3)c1. The molecule has 1 aromatic heterocycles. The van der Waals surface area contributed by atoms with Crippen molar-refractivity contribution in [3.05, 3.63) is 41.1 Å². The lowest BCUT2D eigenvalue weighted by atomic mass is 10.1. The molecule has 0 unspecified atom stereocenters. The Labute approximate surface area is 116 Å². The molecule has 1 aromatic carbocycles. The first-order chi connectivity index (χ1) is 9.63. The highest BCUT2D eigenvalue weighted by Gasteiger charge is 2.24. The summed E-state index contributed by atoms with van der Waals surface area (Å²) >= 11 is 0. The van der Waals surface area contributed by atoms with Crippen molar-refractivity contribution in [2.24, 2.45) is 0 Å². The minimum Gasteiger partial charge on any atom is -0.465 e. The maximum Gasteiger partial charge on any atom is 0.407 e. The lowest BCUT2D eigenvalue weighted by molar-refractivity contribution is 0.140. The molecule has 0 radical (unpaired) electrons. The quantitative estimate of drug-likeness (QED) is 0.784. The molecular formula is C14H16N4O2. The number of nitrogens with one attached hydrogen (secondary N) is 2. The minimum atomic E-state index is -0.890. The van der Waals surface area contributed by atoms with Crippen LogP contribution in [-0.2, 0) is 13.0 Å². The van der Waals surface area contributed by atoms with E-state index in [4.69, 9.17) is 5.11 Å². The summed E-state index contributed by atoms with van der Waals surface area (Å²) in [5.41, 5.74) is 4.05. The number of carboxylic acid groups (broad SMARTS) is 1. The molecule has 1 amide bonds. The van der Waals surface area contributed by atoms with E-state index in [2.05, 4.69) is 15.5 Å². The first-order valence-corrected chi connectivity index (χ1v) is 6.51. The summed E-state index contributed by atoms with van der Waals surface area (Å²) in [5.74, 6) is 0.705. The zero-order valence-corrected chi connectivity index (χ0v) is 11.2. The minimum absolute atomic E-state index is 0.370. The number of benzene rings is 1. The molecule has 6 heteroatoms. The predicted molar refractivity (Wildman–Crippen MR) is 75.2 cm³/mol. The third-order valence-electron chi connectivity index (χ3n) is 3.48. The summed E-state index contributed by atoms with van der Waals surface area (Å²) < 4.78 is 0. The summed E-state index contributed by atoms with van der Waals surface area (Å²) in [5, 5.41) is 19.6. The largest absolute Gasteiger partial charge is 0.465 e. The summed E-state index contributed by atoms with van der Waals surface area (Å²) in [6.45, 7) is 2.90. The monoisotopic (exact) mass is 272 g/mol. The fraction of sp³-hybridized carbons (Fsp3) is 0.286. The maximum atomic E-state index is 11.1. The van der Waals surface area contributed by atoms with Crippen LogP contribution in [-0.4, -0.2) is 32.8 Å². The highest BCUT2D eigenvalue weighted by Crippen LogP contribution is 2.26. The van der Waals surface area contributed by atoms with Gasteiger partial charge in [-0.15, -0.1) is 0 Å². The van der Waals surface area contributed by atoms with Crippen LogP contribution in [0.5, 0.6) is 0 Å². The van der Waals surface area contributed by atoms with Gasteiger partial charge in [-0.3, -0.25) is 5.10 Å². The van der Waals surface area contributed by atoms with Crippen molar-refractivity contribution in [3.8, 4) is 0 Å². The molecule has 0 spiro atoms. The van der Waals surface area contributed by atoms with Gasteiger partial charge in [-0.05, 0) is 24.6 Å². The van der Waals surface area contributed by atoms with E-state index in [1.807, 2.05) is 31.2 Å². The van der Waals surface area contributed by atoms with Crippen molar-refractivity contribution in [1.82, 2.24) is 15.1 Å². The molecule has 20 heavy (non-hydrogen) atoms. The third kappa shape index (κ3) is 2.32. The number of anilines is 2. The maximum absolute atomic E-state index is 11.1. The molecule has 0 aliphatic carbocycles. The molecule has 6 nitrogen and oxygen atoms in total. The number of amides is 1. The van der Waals surface area contributed by atoms with Crippen LogP contribution in [0.15, 0.2) is 24.3 Å². The fourth-order valence-electron chi connectivity index (χ4n) is 2.42. The highest BCUT2D eigenvalue weighted by molar-refractivity contribution is 5.67. The van der Waals surface area contributed by atoms with Gasteiger partial charge in [0.25, 0.3) is 0 Å². The molecule has 3 rings (SSSR count). The van der Waals surface area contributed by atoms with E-state index in [9.17, 15) is 4.79 Å². The average molecular weight is 272 g/mol. The third-order valence-corrected chi connectivity index (χ3v) is 3.48. The van der Waals surface area contributed by atoms with E-state index in [1.54, 1.807) is 0 Å². The van der Waals surface area contributed by atoms with Crippen molar-refractivity contribution < 1.29 is 9.90 Å². The van der Waals surface area contributed by atoms with Gasteiger partial charge in [-0.2, -0.15) is 5.10 Å². The molecule has 3 N–H and O–H groups in total. The number of hydrogen-bond donors (Lipinski definition) is 3. The van der Waals surface area contributed by atoms with Crippen molar-refractivity contribution in [2.75, 3.05) is 11.9 Å². The Morgan fingerprint density at radius 1 is 1.50 bits per heavy atom. The number of rotatable bonds is 2. The van der Waals surface area contributed by atoms with Crippen LogP contribution in [0, 0.1) is 6.92 Å². The first kappa shape index (κ1) is 12.5.